The van der Waals surface area contributed by atoms with Gasteiger partial charge in [-0.15, -0.1) is 0 Å². The highest BCUT2D eigenvalue weighted by Crippen LogP contribution is 2.28. The van der Waals surface area contributed by atoms with Crippen molar-refractivity contribution in [1.82, 2.24) is 0 Å². The van der Waals surface area contributed by atoms with Crippen molar-refractivity contribution < 1.29 is 28.4 Å². The van der Waals surface area contributed by atoms with Crippen LogP contribution in [-0.4, -0.2) is 46.8 Å². The molecule has 0 bridgehead atoms. The van der Waals surface area contributed by atoms with E-state index in [-0.39, 0.29) is 12.2 Å². The maximum absolute atomic E-state index is 6.01. The van der Waals surface area contributed by atoms with Gasteiger partial charge in [-0.2, -0.15) is 0 Å². The number of epoxide rings is 1. The van der Waals surface area contributed by atoms with Gasteiger partial charge in [0, 0.05) is 0 Å². The number of methoxy groups -OCH3 is 3. The maximum Gasteiger partial charge on any atom is 0.161 e. The Kier molecular flexibility index (Phi) is 6.92. The average molecular weight is 374 g/mol. The summed E-state index contributed by atoms with van der Waals surface area (Å²) in [7, 11) is 4.89. The van der Waals surface area contributed by atoms with Gasteiger partial charge in [0.2, 0.25) is 0 Å². The Morgan fingerprint density at radius 3 is 2.22 bits per heavy atom. The highest BCUT2D eigenvalue weighted by molar-refractivity contribution is 5.42. The van der Waals surface area contributed by atoms with Crippen molar-refractivity contribution in [3.63, 3.8) is 0 Å². The third-order valence-corrected chi connectivity index (χ3v) is 4.40. The van der Waals surface area contributed by atoms with E-state index >= 15 is 0 Å². The number of rotatable bonds is 11. The topological polar surface area (TPSA) is 58.7 Å². The van der Waals surface area contributed by atoms with Crippen LogP contribution in [0.5, 0.6) is 17.2 Å². The van der Waals surface area contributed by atoms with E-state index in [1.165, 1.54) is 0 Å². The number of hydrogen-bond acceptors (Lipinski definition) is 6. The van der Waals surface area contributed by atoms with Crippen molar-refractivity contribution in [3.05, 3.63) is 53.6 Å². The van der Waals surface area contributed by atoms with Crippen LogP contribution < -0.4 is 14.2 Å². The zero-order valence-corrected chi connectivity index (χ0v) is 16.0. The summed E-state index contributed by atoms with van der Waals surface area (Å²) in [6.07, 6.45) is 0.0147. The van der Waals surface area contributed by atoms with Crippen LogP contribution in [0, 0.1) is 0 Å². The molecule has 2 aromatic rings. The van der Waals surface area contributed by atoms with Crippen molar-refractivity contribution in [2.24, 2.45) is 0 Å². The van der Waals surface area contributed by atoms with Gasteiger partial charge in [0.15, 0.2) is 11.5 Å². The molecule has 1 aliphatic heterocycles. The van der Waals surface area contributed by atoms with Crippen LogP contribution in [0.3, 0.4) is 0 Å². The van der Waals surface area contributed by atoms with E-state index in [0.29, 0.717) is 37.9 Å². The standard InChI is InChI=1S/C21H26O6/c1-22-17-7-4-15(5-8-17)12-26-20(21-14-27-21)13-25-11-16-6-9-18(23-2)19(10-16)24-3/h4-10,20-21H,11-14H2,1-3H3/t20-,21-/m0/s1. The molecule has 146 valence electrons. The molecule has 27 heavy (non-hydrogen) atoms. The lowest BCUT2D eigenvalue weighted by Crippen LogP contribution is -2.25. The molecule has 2 atom stereocenters. The van der Waals surface area contributed by atoms with Crippen molar-refractivity contribution in [3.8, 4) is 17.2 Å². The summed E-state index contributed by atoms with van der Waals surface area (Å²) >= 11 is 0. The van der Waals surface area contributed by atoms with Gasteiger partial charge >= 0.3 is 0 Å². The van der Waals surface area contributed by atoms with Gasteiger partial charge in [-0.3, -0.25) is 0 Å². The van der Waals surface area contributed by atoms with Crippen LogP contribution in [0.2, 0.25) is 0 Å². The Morgan fingerprint density at radius 1 is 0.889 bits per heavy atom. The molecule has 0 unspecified atom stereocenters. The third-order valence-electron chi connectivity index (χ3n) is 4.40. The summed E-state index contributed by atoms with van der Waals surface area (Å²) in [5, 5.41) is 0. The van der Waals surface area contributed by atoms with Crippen LogP contribution in [0.25, 0.3) is 0 Å². The monoisotopic (exact) mass is 374 g/mol. The van der Waals surface area contributed by atoms with Gasteiger partial charge in [0.1, 0.15) is 18.0 Å². The molecule has 1 fully saturated rings. The molecule has 6 heteroatoms. The summed E-state index contributed by atoms with van der Waals surface area (Å²) in [5.41, 5.74) is 2.10. The first kappa shape index (κ1) is 19.5. The lowest BCUT2D eigenvalue weighted by Gasteiger charge is -2.17. The molecule has 0 aromatic heterocycles. The molecular formula is C21H26O6. The molecule has 3 rings (SSSR count). The SMILES string of the molecule is COc1ccc(CO[C@@H](COCc2ccc(OC)c(OC)c2)[C@@H]2CO2)cc1. The number of hydrogen-bond donors (Lipinski definition) is 0. The van der Waals surface area contributed by atoms with E-state index in [9.17, 15) is 0 Å². The van der Waals surface area contributed by atoms with Gasteiger partial charge < -0.3 is 28.4 Å². The highest BCUT2D eigenvalue weighted by atomic mass is 16.6. The first-order valence-electron chi connectivity index (χ1n) is 8.88. The second-order valence-corrected chi connectivity index (χ2v) is 6.27. The van der Waals surface area contributed by atoms with E-state index in [4.69, 9.17) is 28.4 Å². The quantitative estimate of drug-likeness (QED) is 0.563. The van der Waals surface area contributed by atoms with Gasteiger partial charge in [0.25, 0.3) is 0 Å². The van der Waals surface area contributed by atoms with Crippen molar-refractivity contribution in [2.75, 3.05) is 34.5 Å². The van der Waals surface area contributed by atoms with Crippen LogP contribution in [0.4, 0.5) is 0 Å². The Labute approximate surface area is 159 Å². The molecule has 0 aliphatic carbocycles. The third kappa shape index (κ3) is 5.60. The Balaban J connectivity index is 1.48. The average Bonchev–Trinajstić information content (AvgIpc) is 3.56. The smallest absolute Gasteiger partial charge is 0.161 e. The molecule has 1 saturated heterocycles. The van der Waals surface area contributed by atoms with Gasteiger partial charge in [-0.25, -0.2) is 0 Å². The molecular weight excluding hydrogens is 348 g/mol. The molecule has 0 spiro atoms. The minimum atomic E-state index is -0.0905. The summed E-state index contributed by atoms with van der Waals surface area (Å²) in [5.74, 6) is 2.23. The Hall–Kier alpha value is -2.28. The van der Waals surface area contributed by atoms with E-state index in [1.807, 2.05) is 42.5 Å². The molecule has 0 amide bonds. The predicted molar refractivity (Wildman–Crippen MR) is 101 cm³/mol. The minimum Gasteiger partial charge on any atom is -0.497 e. The minimum absolute atomic E-state index is 0.0905. The molecule has 0 N–H and O–H groups in total. The van der Waals surface area contributed by atoms with E-state index in [0.717, 1.165) is 16.9 Å². The fraction of sp³-hybridized carbons (Fsp3) is 0.429. The van der Waals surface area contributed by atoms with Gasteiger partial charge in [-0.05, 0) is 35.4 Å². The first-order chi connectivity index (χ1) is 13.2. The zero-order valence-electron chi connectivity index (χ0n) is 16.0. The van der Waals surface area contributed by atoms with E-state index in [2.05, 4.69) is 0 Å². The van der Waals surface area contributed by atoms with Gasteiger partial charge in [0.05, 0.1) is 47.8 Å². The highest BCUT2D eigenvalue weighted by Gasteiger charge is 2.33. The normalized spacial score (nSPS) is 16.6. The van der Waals surface area contributed by atoms with Crippen LogP contribution >= 0.6 is 0 Å². The fourth-order valence-corrected chi connectivity index (χ4v) is 2.72. The molecule has 1 heterocycles. The van der Waals surface area contributed by atoms with Crippen LogP contribution in [0.15, 0.2) is 42.5 Å². The Bertz CT molecular complexity index is 711. The number of ether oxygens (including phenoxy) is 6. The summed E-state index contributed by atoms with van der Waals surface area (Å²) in [6.45, 7) is 2.16. The molecule has 0 radical (unpaired) electrons. The van der Waals surface area contributed by atoms with Crippen molar-refractivity contribution in [2.45, 2.75) is 25.4 Å². The molecule has 1 aliphatic rings. The zero-order chi connectivity index (χ0) is 19.1. The molecule has 0 saturated carbocycles. The Morgan fingerprint density at radius 2 is 1.59 bits per heavy atom. The van der Waals surface area contributed by atoms with Crippen molar-refractivity contribution in [1.29, 1.82) is 0 Å². The second-order valence-electron chi connectivity index (χ2n) is 6.27. The summed E-state index contributed by atoms with van der Waals surface area (Å²) in [4.78, 5) is 0. The predicted octanol–water partition coefficient (Wildman–Crippen LogP) is 3.21. The van der Waals surface area contributed by atoms with Crippen LogP contribution in [0.1, 0.15) is 11.1 Å². The summed E-state index contributed by atoms with van der Waals surface area (Å²) < 4.78 is 33.0. The van der Waals surface area contributed by atoms with E-state index < -0.39 is 0 Å². The number of benzene rings is 2. The second kappa shape index (κ2) is 9.60. The first-order valence-corrected chi connectivity index (χ1v) is 8.88. The fourth-order valence-electron chi connectivity index (χ4n) is 2.72. The van der Waals surface area contributed by atoms with Gasteiger partial charge in [-0.1, -0.05) is 18.2 Å². The van der Waals surface area contributed by atoms with Crippen molar-refractivity contribution >= 4 is 0 Å². The molecule has 6 nitrogen and oxygen atoms in total. The maximum atomic E-state index is 6.01. The summed E-state index contributed by atoms with van der Waals surface area (Å²) in [6, 6.07) is 13.6. The largest absolute Gasteiger partial charge is 0.497 e. The molecule has 2 aromatic carbocycles. The lowest BCUT2D eigenvalue weighted by molar-refractivity contribution is -0.0417. The lowest BCUT2D eigenvalue weighted by atomic mass is 10.2. The van der Waals surface area contributed by atoms with Crippen LogP contribution in [-0.2, 0) is 27.4 Å². The van der Waals surface area contributed by atoms with E-state index in [1.54, 1.807) is 21.3 Å².